The number of rotatable bonds is 3. The molecule has 3 rings (SSSR count). The van der Waals surface area contributed by atoms with Crippen LogP contribution in [0.4, 0.5) is 4.39 Å². The second-order valence-corrected chi connectivity index (χ2v) is 6.31. The predicted octanol–water partition coefficient (Wildman–Crippen LogP) is 3.74. The van der Waals surface area contributed by atoms with E-state index in [2.05, 4.69) is 9.97 Å². The van der Waals surface area contributed by atoms with Crippen LogP contribution in [-0.2, 0) is 17.2 Å². The topological polar surface area (TPSA) is 42.9 Å². The van der Waals surface area contributed by atoms with Crippen LogP contribution in [-0.4, -0.2) is 20.4 Å². The monoisotopic (exact) mass is 314 g/mol. The molecule has 2 heterocycles. The van der Waals surface area contributed by atoms with E-state index in [0.29, 0.717) is 10.7 Å². The molecule has 22 heavy (non-hydrogen) atoms. The Hall–Kier alpha value is -2.14. The first kappa shape index (κ1) is 14.8. The SMILES string of the molecule is CCc1nc2ccc(F)cc2cc1-c1cccc(S(C)=O)n1. The molecule has 1 aromatic carbocycles. The van der Waals surface area contributed by atoms with Crippen molar-refractivity contribution in [1.82, 2.24) is 9.97 Å². The molecule has 0 aliphatic rings. The highest BCUT2D eigenvalue weighted by Gasteiger charge is 2.11. The molecular weight excluding hydrogens is 299 g/mol. The van der Waals surface area contributed by atoms with E-state index in [1.165, 1.54) is 12.1 Å². The van der Waals surface area contributed by atoms with Gasteiger partial charge in [-0.05, 0) is 42.8 Å². The van der Waals surface area contributed by atoms with Crippen molar-refractivity contribution in [2.75, 3.05) is 6.26 Å². The number of pyridine rings is 2. The molecule has 5 heteroatoms. The van der Waals surface area contributed by atoms with Crippen LogP contribution in [0.3, 0.4) is 0 Å². The molecule has 1 unspecified atom stereocenters. The first-order chi connectivity index (χ1) is 10.6. The van der Waals surface area contributed by atoms with Gasteiger partial charge in [0.15, 0.2) is 0 Å². The van der Waals surface area contributed by atoms with Crippen LogP contribution in [0.2, 0.25) is 0 Å². The first-order valence-electron chi connectivity index (χ1n) is 6.98. The maximum atomic E-state index is 13.4. The zero-order valence-corrected chi connectivity index (χ0v) is 13.2. The quantitative estimate of drug-likeness (QED) is 0.739. The molecule has 0 spiro atoms. The Morgan fingerprint density at radius 2 is 1.95 bits per heavy atom. The molecular formula is C17H15FN2OS. The highest BCUT2D eigenvalue weighted by atomic mass is 32.2. The summed E-state index contributed by atoms with van der Waals surface area (Å²) < 4.78 is 25.1. The molecule has 0 radical (unpaired) electrons. The lowest BCUT2D eigenvalue weighted by atomic mass is 10.0. The molecule has 0 aliphatic heterocycles. The van der Waals surface area contributed by atoms with Crippen molar-refractivity contribution in [1.29, 1.82) is 0 Å². The fraction of sp³-hybridized carbons (Fsp3) is 0.176. The second kappa shape index (κ2) is 5.93. The van der Waals surface area contributed by atoms with Crippen LogP contribution >= 0.6 is 0 Å². The molecule has 1 atom stereocenters. The fourth-order valence-corrected chi connectivity index (χ4v) is 2.90. The van der Waals surface area contributed by atoms with Crippen molar-refractivity contribution in [3.63, 3.8) is 0 Å². The van der Waals surface area contributed by atoms with Crippen molar-refractivity contribution >= 4 is 21.7 Å². The molecule has 2 aromatic heterocycles. The number of aromatic nitrogens is 2. The van der Waals surface area contributed by atoms with E-state index in [0.717, 1.165) is 28.6 Å². The van der Waals surface area contributed by atoms with Gasteiger partial charge in [0, 0.05) is 17.2 Å². The van der Waals surface area contributed by atoms with Gasteiger partial charge in [0.25, 0.3) is 0 Å². The molecule has 0 aliphatic carbocycles. The highest BCUT2D eigenvalue weighted by Crippen LogP contribution is 2.26. The molecule has 0 amide bonds. The zero-order chi connectivity index (χ0) is 15.7. The van der Waals surface area contributed by atoms with Crippen LogP contribution in [0.25, 0.3) is 22.2 Å². The van der Waals surface area contributed by atoms with Crippen LogP contribution in [0.1, 0.15) is 12.6 Å². The third-order valence-corrected chi connectivity index (χ3v) is 4.30. The molecule has 3 aromatic rings. The number of fused-ring (bicyclic) bond motifs is 1. The van der Waals surface area contributed by atoms with Gasteiger partial charge in [-0.1, -0.05) is 13.0 Å². The van der Waals surface area contributed by atoms with E-state index in [9.17, 15) is 8.60 Å². The molecule has 0 fully saturated rings. The van der Waals surface area contributed by atoms with Gasteiger partial charge in [-0.2, -0.15) is 0 Å². The van der Waals surface area contributed by atoms with Gasteiger partial charge < -0.3 is 0 Å². The van der Waals surface area contributed by atoms with E-state index in [1.807, 2.05) is 25.1 Å². The minimum Gasteiger partial charge on any atom is -0.253 e. The lowest BCUT2D eigenvalue weighted by Crippen LogP contribution is -1.98. The number of benzene rings is 1. The van der Waals surface area contributed by atoms with Gasteiger partial charge in [0.1, 0.15) is 10.8 Å². The summed E-state index contributed by atoms with van der Waals surface area (Å²) in [5, 5.41) is 1.26. The normalized spacial score (nSPS) is 12.5. The van der Waals surface area contributed by atoms with Crippen molar-refractivity contribution < 1.29 is 8.60 Å². The standard InChI is InChI=1S/C17H15FN2OS/c1-3-14-13(16-5-4-6-17(20-16)22(2)21)10-11-9-12(18)7-8-15(11)19-14/h4-10H,3H2,1-2H3. The van der Waals surface area contributed by atoms with E-state index < -0.39 is 10.8 Å². The Labute approximate surface area is 130 Å². The maximum Gasteiger partial charge on any atom is 0.127 e. The number of halogens is 1. The first-order valence-corrected chi connectivity index (χ1v) is 8.54. The lowest BCUT2D eigenvalue weighted by Gasteiger charge is -2.10. The predicted molar refractivity (Wildman–Crippen MR) is 86.6 cm³/mol. The third kappa shape index (κ3) is 2.76. The summed E-state index contributed by atoms with van der Waals surface area (Å²) in [5.74, 6) is -0.291. The van der Waals surface area contributed by atoms with Crippen molar-refractivity contribution in [2.24, 2.45) is 0 Å². The number of nitrogens with zero attached hydrogens (tertiary/aromatic N) is 2. The Balaban J connectivity index is 2.24. The average molecular weight is 314 g/mol. The molecule has 0 N–H and O–H groups in total. The van der Waals surface area contributed by atoms with E-state index >= 15 is 0 Å². The van der Waals surface area contributed by atoms with Gasteiger partial charge >= 0.3 is 0 Å². The van der Waals surface area contributed by atoms with Crippen LogP contribution < -0.4 is 0 Å². The summed E-state index contributed by atoms with van der Waals surface area (Å²) in [4.78, 5) is 9.05. The van der Waals surface area contributed by atoms with Crippen LogP contribution in [0.5, 0.6) is 0 Å². The number of hydrogen-bond donors (Lipinski definition) is 0. The van der Waals surface area contributed by atoms with Gasteiger partial charge in [-0.15, -0.1) is 0 Å². The van der Waals surface area contributed by atoms with Gasteiger partial charge in [-0.3, -0.25) is 9.19 Å². The Bertz CT molecular complexity index is 880. The van der Waals surface area contributed by atoms with E-state index in [4.69, 9.17) is 0 Å². The minimum atomic E-state index is -1.14. The molecule has 3 nitrogen and oxygen atoms in total. The average Bonchev–Trinajstić information content (AvgIpc) is 2.53. The zero-order valence-electron chi connectivity index (χ0n) is 12.3. The Morgan fingerprint density at radius 1 is 1.14 bits per heavy atom. The molecule has 0 saturated heterocycles. The van der Waals surface area contributed by atoms with Crippen molar-refractivity contribution in [3.05, 3.63) is 54.0 Å². The highest BCUT2D eigenvalue weighted by molar-refractivity contribution is 7.84. The summed E-state index contributed by atoms with van der Waals surface area (Å²) in [7, 11) is -1.14. The molecule has 0 bridgehead atoms. The minimum absolute atomic E-state index is 0.291. The van der Waals surface area contributed by atoms with Gasteiger partial charge in [0.2, 0.25) is 0 Å². The van der Waals surface area contributed by atoms with Gasteiger partial charge in [-0.25, -0.2) is 9.37 Å². The fourth-order valence-electron chi connectivity index (χ4n) is 2.40. The van der Waals surface area contributed by atoms with Crippen LogP contribution in [0, 0.1) is 5.82 Å². The lowest BCUT2D eigenvalue weighted by molar-refractivity contribution is 0.629. The Kier molecular flexibility index (Phi) is 3.98. The molecule has 112 valence electrons. The van der Waals surface area contributed by atoms with Crippen molar-refractivity contribution in [2.45, 2.75) is 18.4 Å². The number of aryl methyl sites for hydroxylation is 1. The van der Waals surface area contributed by atoms with E-state index in [1.54, 1.807) is 18.4 Å². The second-order valence-electron chi connectivity index (χ2n) is 4.99. The van der Waals surface area contributed by atoms with Crippen LogP contribution in [0.15, 0.2) is 47.5 Å². The number of hydrogen-bond acceptors (Lipinski definition) is 3. The van der Waals surface area contributed by atoms with Crippen molar-refractivity contribution in [3.8, 4) is 11.3 Å². The van der Waals surface area contributed by atoms with E-state index in [-0.39, 0.29) is 5.82 Å². The smallest absolute Gasteiger partial charge is 0.127 e. The molecule has 0 saturated carbocycles. The summed E-state index contributed by atoms with van der Waals surface area (Å²) in [6.07, 6.45) is 2.34. The van der Waals surface area contributed by atoms with Gasteiger partial charge in [0.05, 0.1) is 27.7 Å². The summed E-state index contributed by atoms with van der Waals surface area (Å²) in [5.41, 5.74) is 3.22. The summed E-state index contributed by atoms with van der Waals surface area (Å²) >= 11 is 0. The summed E-state index contributed by atoms with van der Waals surface area (Å²) in [6.45, 7) is 2.02. The maximum absolute atomic E-state index is 13.4. The Morgan fingerprint density at radius 3 is 2.68 bits per heavy atom. The third-order valence-electron chi connectivity index (χ3n) is 3.48. The summed E-state index contributed by atoms with van der Waals surface area (Å²) in [6, 6.07) is 11.9. The largest absolute Gasteiger partial charge is 0.253 e.